The third-order valence-corrected chi connectivity index (χ3v) is 8.90. The Kier molecular flexibility index (Phi) is 7.76. The Labute approximate surface area is 236 Å². The average Bonchev–Trinajstić information content (AvgIpc) is 3.28. The largest absolute Gasteiger partial charge is 0.492 e. The third kappa shape index (κ3) is 5.58. The first-order chi connectivity index (χ1) is 19.5. The van der Waals surface area contributed by atoms with E-state index >= 15 is 0 Å². The molecule has 0 saturated carbocycles. The smallest absolute Gasteiger partial charge is 0.255 e. The SMILES string of the molecule is CN1CCN(c2ccccc2CN2CCCC[C@H]2COc2ccc3c(c2)CN(C2CCC(=O)NC2=O)C3=O)CC1. The number of anilines is 1. The van der Waals surface area contributed by atoms with Crippen molar-refractivity contribution in [3.8, 4) is 5.75 Å². The summed E-state index contributed by atoms with van der Waals surface area (Å²) in [6.07, 6.45) is 4.11. The van der Waals surface area contributed by atoms with Crippen molar-refractivity contribution in [2.45, 2.75) is 57.3 Å². The van der Waals surface area contributed by atoms with Crippen molar-refractivity contribution in [2.75, 3.05) is 51.3 Å². The minimum absolute atomic E-state index is 0.159. The number of amides is 3. The van der Waals surface area contributed by atoms with Crippen molar-refractivity contribution in [2.24, 2.45) is 0 Å². The molecule has 1 unspecified atom stereocenters. The summed E-state index contributed by atoms with van der Waals surface area (Å²) in [6.45, 7) is 7.22. The zero-order valence-electron chi connectivity index (χ0n) is 23.3. The number of hydrogen-bond donors (Lipinski definition) is 1. The van der Waals surface area contributed by atoms with Crippen LogP contribution in [0.2, 0.25) is 0 Å². The van der Waals surface area contributed by atoms with Crippen molar-refractivity contribution in [1.29, 1.82) is 0 Å². The zero-order valence-corrected chi connectivity index (χ0v) is 23.3. The monoisotopic (exact) mass is 545 g/mol. The molecule has 4 heterocycles. The van der Waals surface area contributed by atoms with Crippen molar-refractivity contribution in [1.82, 2.24) is 20.0 Å². The Morgan fingerprint density at radius 3 is 2.60 bits per heavy atom. The van der Waals surface area contributed by atoms with E-state index in [0.717, 1.165) is 57.0 Å². The van der Waals surface area contributed by atoms with E-state index in [1.165, 1.54) is 24.1 Å². The molecule has 0 bridgehead atoms. The lowest BCUT2D eigenvalue weighted by molar-refractivity contribution is -0.136. The molecule has 0 aliphatic carbocycles. The van der Waals surface area contributed by atoms with Gasteiger partial charge in [-0.15, -0.1) is 0 Å². The molecule has 212 valence electrons. The molecule has 9 nitrogen and oxygen atoms in total. The van der Waals surface area contributed by atoms with Crippen LogP contribution in [-0.4, -0.2) is 90.9 Å². The molecule has 3 fully saturated rings. The van der Waals surface area contributed by atoms with Gasteiger partial charge in [-0.05, 0) is 68.2 Å². The fourth-order valence-electron chi connectivity index (χ4n) is 6.51. The maximum absolute atomic E-state index is 13.0. The van der Waals surface area contributed by atoms with Crippen LogP contribution in [0.4, 0.5) is 5.69 Å². The number of hydrogen-bond acceptors (Lipinski definition) is 7. The molecule has 2 atom stereocenters. The topological polar surface area (TPSA) is 85.4 Å². The Morgan fingerprint density at radius 1 is 0.950 bits per heavy atom. The van der Waals surface area contributed by atoms with Crippen LogP contribution in [0.1, 0.15) is 53.6 Å². The quantitative estimate of drug-likeness (QED) is 0.536. The lowest BCUT2D eigenvalue weighted by atomic mass is 10.0. The molecule has 1 N–H and O–H groups in total. The molecule has 9 heteroatoms. The molecule has 40 heavy (non-hydrogen) atoms. The summed E-state index contributed by atoms with van der Waals surface area (Å²) in [5, 5.41) is 2.36. The maximum atomic E-state index is 13.0. The highest BCUT2D eigenvalue weighted by Gasteiger charge is 2.39. The van der Waals surface area contributed by atoms with Crippen LogP contribution in [0, 0.1) is 0 Å². The van der Waals surface area contributed by atoms with Gasteiger partial charge < -0.3 is 19.4 Å². The summed E-state index contributed by atoms with van der Waals surface area (Å²) in [7, 11) is 2.19. The fourth-order valence-corrected chi connectivity index (χ4v) is 6.51. The van der Waals surface area contributed by atoms with Gasteiger partial charge in [0, 0.05) is 63.0 Å². The standard InChI is InChI=1S/C31H39N5O4/c1-33-14-16-34(17-15-33)27-8-3-2-6-22(27)19-35-13-5-4-7-24(35)21-40-25-9-10-26-23(18-25)20-36(31(26)39)28-11-12-29(37)32-30(28)38/h2-3,6,8-10,18,24,28H,4-5,7,11-17,19-21H2,1H3,(H,32,37,38)/t24-,28?/m0/s1. The molecule has 3 amide bonds. The molecule has 0 spiro atoms. The van der Waals surface area contributed by atoms with E-state index in [1.807, 2.05) is 18.2 Å². The predicted octanol–water partition coefficient (Wildman–Crippen LogP) is 2.63. The number of nitrogens with one attached hydrogen (secondary N) is 1. The van der Waals surface area contributed by atoms with Crippen LogP contribution < -0.4 is 15.0 Å². The molecule has 0 radical (unpaired) electrons. The van der Waals surface area contributed by atoms with Crippen LogP contribution in [-0.2, 0) is 22.7 Å². The molecule has 2 aromatic rings. The minimum atomic E-state index is -0.605. The molecule has 3 saturated heterocycles. The molecule has 4 aliphatic rings. The van der Waals surface area contributed by atoms with Gasteiger partial charge in [0.2, 0.25) is 11.8 Å². The summed E-state index contributed by atoms with van der Waals surface area (Å²) in [5.74, 6) is -0.0744. The van der Waals surface area contributed by atoms with Gasteiger partial charge in [0.15, 0.2) is 0 Å². The predicted molar refractivity (Wildman–Crippen MR) is 152 cm³/mol. The number of rotatable bonds is 7. The number of piperazine rings is 1. The van der Waals surface area contributed by atoms with Crippen LogP contribution in [0.15, 0.2) is 42.5 Å². The number of likely N-dealkylation sites (tertiary alicyclic amines) is 1. The van der Waals surface area contributed by atoms with Crippen LogP contribution >= 0.6 is 0 Å². The molecule has 4 aliphatic heterocycles. The van der Waals surface area contributed by atoms with Gasteiger partial charge in [-0.2, -0.15) is 0 Å². The summed E-state index contributed by atoms with van der Waals surface area (Å²) < 4.78 is 6.34. The Hall–Kier alpha value is -3.43. The number of para-hydroxylation sites is 1. The summed E-state index contributed by atoms with van der Waals surface area (Å²) in [5.41, 5.74) is 4.21. The van der Waals surface area contributed by atoms with E-state index in [2.05, 4.69) is 51.3 Å². The summed E-state index contributed by atoms with van der Waals surface area (Å²) >= 11 is 0. The lowest BCUT2D eigenvalue weighted by Crippen LogP contribution is -2.52. The normalized spacial score (nSPS) is 24.3. The van der Waals surface area contributed by atoms with E-state index in [-0.39, 0.29) is 24.1 Å². The number of carbonyl (C=O) groups is 3. The van der Waals surface area contributed by atoms with Gasteiger partial charge in [0.1, 0.15) is 18.4 Å². The number of ether oxygens (including phenoxy) is 1. The van der Waals surface area contributed by atoms with E-state index in [9.17, 15) is 14.4 Å². The van der Waals surface area contributed by atoms with Crippen LogP contribution in [0.5, 0.6) is 5.75 Å². The van der Waals surface area contributed by atoms with Gasteiger partial charge in [-0.3, -0.25) is 24.6 Å². The number of nitrogens with zero attached hydrogens (tertiary/aromatic N) is 4. The Balaban J connectivity index is 1.10. The van der Waals surface area contributed by atoms with E-state index in [1.54, 1.807) is 4.90 Å². The first-order valence-corrected chi connectivity index (χ1v) is 14.6. The van der Waals surface area contributed by atoms with Crippen molar-refractivity contribution < 1.29 is 19.1 Å². The Bertz CT molecular complexity index is 1270. The fraction of sp³-hybridized carbons (Fsp3) is 0.516. The second-order valence-electron chi connectivity index (χ2n) is 11.6. The van der Waals surface area contributed by atoms with Gasteiger partial charge in [-0.25, -0.2) is 0 Å². The van der Waals surface area contributed by atoms with E-state index in [4.69, 9.17) is 4.74 Å². The van der Waals surface area contributed by atoms with E-state index < -0.39 is 6.04 Å². The van der Waals surface area contributed by atoms with Gasteiger partial charge in [0.05, 0.1) is 0 Å². The number of piperidine rings is 2. The number of benzene rings is 2. The van der Waals surface area contributed by atoms with Crippen molar-refractivity contribution in [3.05, 3.63) is 59.2 Å². The third-order valence-electron chi connectivity index (χ3n) is 8.90. The highest BCUT2D eigenvalue weighted by Crippen LogP contribution is 2.31. The molecule has 0 aromatic heterocycles. The average molecular weight is 546 g/mol. The van der Waals surface area contributed by atoms with Gasteiger partial charge >= 0.3 is 0 Å². The van der Waals surface area contributed by atoms with Crippen LogP contribution in [0.3, 0.4) is 0 Å². The molecule has 6 rings (SSSR count). The van der Waals surface area contributed by atoms with Crippen molar-refractivity contribution in [3.63, 3.8) is 0 Å². The summed E-state index contributed by atoms with van der Waals surface area (Å²) in [4.78, 5) is 46.0. The first-order valence-electron chi connectivity index (χ1n) is 14.6. The number of fused-ring (bicyclic) bond motifs is 1. The zero-order chi connectivity index (χ0) is 27.6. The number of likely N-dealkylation sites (N-methyl/N-ethyl adjacent to an activating group) is 1. The van der Waals surface area contributed by atoms with Crippen LogP contribution in [0.25, 0.3) is 0 Å². The lowest BCUT2D eigenvalue weighted by Gasteiger charge is -2.38. The second-order valence-corrected chi connectivity index (χ2v) is 11.6. The molecular formula is C31H39N5O4. The number of imide groups is 1. The molecular weight excluding hydrogens is 506 g/mol. The van der Waals surface area contributed by atoms with Gasteiger partial charge in [0.25, 0.3) is 5.91 Å². The first kappa shape index (κ1) is 26.8. The second kappa shape index (κ2) is 11.6. The molecule has 2 aromatic carbocycles. The highest BCUT2D eigenvalue weighted by atomic mass is 16.5. The Morgan fingerprint density at radius 2 is 1.77 bits per heavy atom. The minimum Gasteiger partial charge on any atom is -0.492 e. The maximum Gasteiger partial charge on any atom is 0.255 e. The van der Waals surface area contributed by atoms with E-state index in [0.29, 0.717) is 31.2 Å². The van der Waals surface area contributed by atoms with Crippen molar-refractivity contribution >= 4 is 23.4 Å². The number of carbonyl (C=O) groups excluding carboxylic acids is 3. The highest BCUT2D eigenvalue weighted by molar-refractivity contribution is 6.05. The van der Waals surface area contributed by atoms with Gasteiger partial charge in [-0.1, -0.05) is 24.6 Å². The summed E-state index contributed by atoms with van der Waals surface area (Å²) in [6, 6.07) is 14.2.